The lowest BCUT2D eigenvalue weighted by Crippen LogP contribution is -2.41. The highest BCUT2D eigenvalue weighted by Gasteiger charge is 2.21. The predicted molar refractivity (Wildman–Crippen MR) is 66.3 cm³/mol. The first kappa shape index (κ1) is 14.8. The zero-order valence-corrected chi connectivity index (χ0v) is 11.0. The van der Waals surface area contributed by atoms with E-state index in [-0.39, 0.29) is 11.3 Å². The summed E-state index contributed by atoms with van der Waals surface area (Å²) in [5, 5.41) is 8.72. The smallest absolute Gasteiger partial charge is 0.422 e. The lowest BCUT2D eigenvalue weighted by atomic mass is 10.2. The van der Waals surface area contributed by atoms with Crippen molar-refractivity contribution in [3.05, 3.63) is 29.8 Å². The van der Waals surface area contributed by atoms with Gasteiger partial charge in [-0.05, 0) is 24.3 Å². The van der Waals surface area contributed by atoms with Crippen LogP contribution in [0.25, 0.3) is 0 Å². The van der Waals surface area contributed by atoms with Gasteiger partial charge in [0.05, 0.1) is 18.4 Å². The van der Waals surface area contributed by atoms with Crippen LogP contribution in [0.5, 0.6) is 0 Å². The molecule has 1 rings (SSSR count). The van der Waals surface area contributed by atoms with Gasteiger partial charge in [-0.3, -0.25) is 4.31 Å². The number of carboxylic acid groups (broad SMARTS) is 1. The standard InChI is InChI=1S/C10H12N2O6S/c1-12(19(16,17)11-10(15)18-2)8-5-3-7(4-6-8)9(13)14/h3-6H,1-2H3,(H,11,15)(H,13,14). The van der Waals surface area contributed by atoms with Crippen LogP contribution >= 0.6 is 0 Å². The number of nitrogens with one attached hydrogen (secondary N) is 1. The monoisotopic (exact) mass is 288 g/mol. The number of hydrogen-bond donors (Lipinski definition) is 2. The van der Waals surface area contributed by atoms with Crippen LogP contribution in [0, 0.1) is 0 Å². The van der Waals surface area contributed by atoms with Gasteiger partial charge in [0.25, 0.3) is 0 Å². The molecule has 19 heavy (non-hydrogen) atoms. The fraction of sp³-hybridized carbons (Fsp3) is 0.200. The van der Waals surface area contributed by atoms with Gasteiger partial charge in [0.2, 0.25) is 0 Å². The molecular formula is C10H12N2O6S. The molecule has 0 bridgehead atoms. The zero-order valence-electron chi connectivity index (χ0n) is 10.2. The van der Waals surface area contributed by atoms with Crippen LogP contribution in [0.1, 0.15) is 10.4 Å². The molecular weight excluding hydrogens is 276 g/mol. The van der Waals surface area contributed by atoms with Crippen molar-refractivity contribution in [2.24, 2.45) is 0 Å². The van der Waals surface area contributed by atoms with Crippen molar-refractivity contribution in [2.75, 3.05) is 18.5 Å². The number of amides is 1. The molecule has 0 radical (unpaired) electrons. The summed E-state index contributed by atoms with van der Waals surface area (Å²) in [5.74, 6) is -1.12. The molecule has 1 amide bonds. The molecule has 0 heterocycles. The molecule has 104 valence electrons. The zero-order chi connectivity index (χ0) is 14.6. The molecule has 0 spiro atoms. The number of rotatable bonds is 4. The summed E-state index contributed by atoms with van der Waals surface area (Å²) in [6.45, 7) is 0. The predicted octanol–water partition coefficient (Wildman–Crippen LogP) is 0.422. The first-order valence-electron chi connectivity index (χ1n) is 4.96. The maximum Gasteiger partial charge on any atom is 0.422 e. The number of carbonyl (C=O) groups excluding carboxylic acids is 1. The van der Waals surface area contributed by atoms with E-state index in [0.29, 0.717) is 0 Å². The van der Waals surface area contributed by atoms with Crippen LogP contribution in [-0.4, -0.2) is 39.7 Å². The van der Waals surface area contributed by atoms with Gasteiger partial charge in [-0.1, -0.05) is 0 Å². The van der Waals surface area contributed by atoms with Crippen LogP contribution < -0.4 is 9.03 Å². The number of nitrogens with zero attached hydrogens (tertiary/aromatic N) is 1. The third-order valence-electron chi connectivity index (χ3n) is 2.24. The van der Waals surface area contributed by atoms with Crippen molar-refractivity contribution < 1.29 is 27.9 Å². The Hall–Kier alpha value is -2.29. The van der Waals surface area contributed by atoms with E-state index in [9.17, 15) is 18.0 Å². The normalized spacial score (nSPS) is 10.6. The molecule has 9 heteroatoms. The molecule has 1 aromatic carbocycles. The molecule has 0 saturated carbocycles. The fourth-order valence-electron chi connectivity index (χ4n) is 1.17. The molecule has 0 saturated heterocycles. The summed E-state index contributed by atoms with van der Waals surface area (Å²) in [5.41, 5.74) is 0.219. The van der Waals surface area contributed by atoms with Crippen LogP contribution in [0.2, 0.25) is 0 Å². The molecule has 0 aliphatic rings. The third kappa shape index (κ3) is 3.58. The summed E-state index contributed by atoms with van der Waals surface area (Å²) in [6, 6.07) is 5.11. The Bertz CT molecular complexity index is 581. The lowest BCUT2D eigenvalue weighted by Gasteiger charge is -2.19. The Labute approximate surface area is 109 Å². The maximum atomic E-state index is 11.7. The lowest BCUT2D eigenvalue weighted by molar-refractivity contribution is 0.0697. The van der Waals surface area contributed by atoms with Crippen LogP contribution in [0.15, 0.2) is 24.3 Å². The van der Waals surface area contributed by atoms with Gasteiger partial charge >= 0.3 is 22.3 Å². The molecule has 8 nitrogen and oxygen atoms in total. The Morgan fingerprint density at radius 1 is 1.26 bits per heavy atom. The minimum atomic E-state index is -4.10. The first-order chi connectivity index (χ1) is 8.77. The number of carboxylic acids is 1. The summed E-state index contributed by atoms with van der Waals surface area (Å²) in [6.07, 6.45) is -1.12. The second kappa shape index (κ2) is 5.57. The summed E-state index contributed by atoms with van der Waals surface area (Å²) < 4.78 is 30.1. The molecule has 2 N–H and O–H groups in total. The van der Waals surface area contributed by atoms with Gasteiger partial charge in [-0.25, -0.2) is 14.3 Å². The summed E-state index contributed by atoms with van der Waals surface area (Å²) >= 11 is 0. The van der Waals surface area contributed by atoms with E-state index in [1.165, 1.54) is 31.3 Å². The van der Waals surface area contributed by atoms with Crippen LogP contribution in [-0.2, 0) is 14.9 Å². The van der Waals surface area contributed by atoms with Crippen molar-refractivity contribution in [3.63, 3.8) is 0 Å². The number of aromatic carboxylic acids is 1. The van der Waals surface area contributed by atoms with Gasteiger partial charge in [0, 0.05) is 7.05 Å². The first-order valence-corrected chi connectivity index (χ1v) is 6.40. The van der Waals surface area contributed by atoms with E-state index in [1.54, 1.807) is 4.72 Å². The number of methoxy groups -OCH3 is 1. The Balaban J connectivity index is 2.96. The van der Waals surface area contributed by atoms with Gasteiger partial charge in [-0.15, -0.1) is 0 Å². The van der Waals surface area contributed by atoms with E-state index in [4.69, 9.17) is 5.11 Å². The number of anilines is 1. The molecule has 0 unspecified atom stereocenters. The molecule has 0 aliphatic heterocycles. The highest BCUT2D eigenvalue weighted by atomic mass is 32.2. The second-order valence-corrected chi connectivity index (χ2v) is 5.12. The third-order valence-corrected chi connectivity index (χ3v) is 3.59. The van der Waals surface area contributed by atoms with Crippen molar-refractivity contribution in [2.45, 2.75) is 0 Å². The molecule has 0 aromatic heterocycles. The van der Waals surface area contributed by atoms with E-state index in [0.717, 1.165) is 11.4 Å². The van der Waals surface area contributed by atoms with E-state index < -0.39 is 22.3 Å². The average Bonchev–Trinajstić information content (AvgIpc) is 2.37. The number of hydrogen-bond acceptors (Lipinski definition) is 5. The fourth-order valence-corrected chi connectivity index (χ4v) is 2.00. The van der Waals surface area contributed by atoms with Crippen molar-refractivity contribution in [1.82, 2.24) is 4.72 Å². The number of carbonyl (C=O) groups is 2. The minimum absolute atomic E-state index is 0.0236. The quantitative estimate of drug-likeness (QED) is 0.830. The molecule has 1 aromatic rings. The SMILES string of the molecule is COC(=O)NS(=O)(=O)N(C)c1ccc(C(=O)O)cc1. The van der Waals surface area contributed by atoms with Gasteiger partial charge in [0.1, 0.15) is 0 Å². The topological polar surface area (TPSA) is 113 Å². The van der Waals surface area contributed by atoms with E-state index in [1.807, 2.05) is 0 Å². The minimum Gasteiger partial charge on any atom is -0.478 e. The van der Waals surface area contributed by atoms with Gasteiger partial charge < -0.3 is 9.84 Å². The molecule has 0 aliphatic carbocycles. The number of ether oxygens (including phenoxy) is 1. The molecule has 0 atom stereocenters. The van der Waals surface area contributed by atoms with Crippen molar-refractivity contribution in [3.8, 4) is 0 Å². The average molecular weight is 288 g/mol. The Morgan fingerprint density at radius 2 is 1.79 bits per heavy atom. The maximum absolute atomic E-state index is 11.7. The van der Waals surface area contributed by atoms with Crippen molar-refractivity contribution >= 4 is 28.0 Å². The molecule has 0 fully saturated rings. The number of benzene rings is 1. The van der Waals surface area contributed by atoms with E-state index >= 15 is 0 Å². The van der Waals surface area contributed by atoms with Gasteiger partial charge in [0.15, 0.2) is 0 Å². The van der Waals surface area contributed by atoms with Crippen molar-refractivity contribution in [1.29, 1.82) is 0 Å². The largest absolute Gasteiger partial charge is 0.478 e. The Kier molecular flexibility index (Phi) is 4.33. The highest BCUT2D eigenvalue weighted by Crippen LogP contribution is 2.16. The summed E-state index contributed by atoms with van der Waals surface area (Å²) in [7, 11) is -1.85. The second-order valence-electron chi connectivity index (χ2n) is 3.42. The van der Waals surface area contributed by atoms with Crippen LogP contribution in [0.4, 0.5) is 10.5 Å². The van der Waals surface area contributed by atoms with E-state index in [2.05, 4.69) is 4.74 Å². The summed E-state index contributed by atoms with van der Waals surface area (Å²) in [4.78, 5) is 21.5. The van der Waals surface area contributed by atoms with Crippen LogP contribution in [0.3, 0.4) is 0 Å². The van der Waals surface area contributed by atoms with Gasteiger partial charge in [-0.2, -0.15) is 8.42 Å². The Morgan fingerprint density at radius 3 is 2.21 bits per heavy atom. The highest BCUT2D eigenvalue weighted by molar-refractivity contribution is 7.91.